The van der Waals surface area contributed by atoms with Gasteiger partial charge in [0, 0.05) is 33.4 Å². The topological polar surface area (TPSA) is 62.7 Å². The van der Waals surface area contributed by atoms with Crippen molar-refractivity contribution in [3.63, 3.8) is 0 Å². The maximum absolute atomic E-state index is 13.2. The van der Waals surface area contributed by atoms with Crippen LogP contribution in [-0.4, -0.2) is 49.0 Å². The second-order valence-electron chi connectivity index (χ2n) is 7.83. The number of nitrogens with zero attached hydrogens (tertiary/aromatic N) is 3. The number of carbonyl (C=O) groups is 2. The number of hydrogen-bond acceptors (Lipinski definition) is 5. The predicted octanol–water partition coefficient (Wildman–Crippen LogP) is 2.96. The Kier molecular flexibility index (Phi) is 5.53. The van der Waals surface area contributed by atoms with Gasteiger partial charge in [-0.05, 0) is 43.7 Å². The fourth-order valence-corrected chi connectivity index (χ4v) is 4.00. The van der Waals surface area contributed by atoms with Crippen LogP contribution in [0.15, 0.2) is 18.3 Å². The molecule has 0 fully saturated rings. The van der Waals surface area contributed by atoms with Crippen molar-refractivity contribution in [3.8, 4) is 0 Å². The van der Waals surface area contributed by atoms with E-state index in [-0.39, 0.29) is 17.3 Å². The van der Waals surface area contributed by atoms with E-state index in [2.05, 4.69) is 24.1 Å². The molecule has 0 radical (unpaired) electrons. The lowest BCUT2D eigenvalue weighted by molar-refractivity contribution is -0.142. The molecule has 1 aliphatic heterocycles. The third kappa shape index (κ3) is 3.70. The fourth-order valence-electron chi connectivity index (χ4n) is 4.00. The van der Waals surface area contributed by atoms with Crippen molar-refractivity contribution in [2.75, 3.05) is 32.1 Å². The molecule has 2 heterocycles. The minimum Gasteiger partial charge on any atom is -0.462 e. The van der Waals surface area contributed by atoms with E-state index in [1.165, 1.54) is 0 Å². The van der Waals surface area contributed by atoms with Gasteiger partial charge < -0.3 is 14.5 Å². The molecule has 0 saturated carbocycles. The Morgan fingerprint density at radius 3 is 2.74 bits per heavy atom. The molecule has 1 amide bonds. The molecule has 6 nitrogen and oxygen atoms in total. The maximum atomic E-state index is 13.2. The highest BCUT2D eigenvalue weighted by Crippen LogP contribution is 2.36. The van der Waals surface area contributed by atoms with E-state index in [4.69, 9.17) is 4.74 Å². The molecule has 1 unspecified atom stereocenters. The summed E-state index contributed by atoms with van der Waals surface area (Å²) >= 11 is 0. The van der Waals surface area contributed by atoms with Crippen LogP contribution < -0.4 is 4.90 Å². The minimum absolute atomic E-state index is 0.201. The van der Waals surface area contributed by atoms with Gasteiger partial charge >= 0.3 is 5.97 Å². The lowest BCUT2D eigenvalue weighted by atomic mass is 9.77. The van der Waals surface area contributed by atoms with Crippen molar-refractivity contribution in [2.45, 2.75) is 46.1 Å². The molecular weight excluding hydrogens is 342 g/mol. The van der Waals surface area contributed by atoms with Gasteiger partial charge in [0.2, 0.25) is 5.91 Å². The summed E-state index contributed by atoms with van der Waals surface area (Å²) in [5, 5.41) is 0. The summed E-state index contributed by atoms with van der Waals surface area (Å²) in [7, 11) is 3.74. The van der Waals surface area contributed by atoms with Crippen molar-refractivity contribution in [2.24, 2.45) is 5.41 Å². The lowest BCUT2D eigenvalue weighted by Crippen LogP contribution is -2.45. The number of aromatic nitrogens is 1. The molecule has 0 spiro atoms. The molecule has 1 aromatic heterocycles. The summed E-state index contributed by atoms with van der Waals surface area (Å²) < 4.78 is 5.28. The second-order valence-corrected chi connectivity index (χ2v) is 7.83. The van der Waals surface area contributed by atoms with Gasteiger partial charge in [0.15, 0.2) is 0 Å². The molecule has 0 saturated heterocycles. The average Bonchev–Trinajstić information content (AvgIpc) is 2.66. The molecule has 2 aliphatic rings. The summed E-state index contributed by atoms with van der Waals surface area (Å²) in [4.78, 5) is 34.0. The van der Waals surface area contributed by atoms with E-state index in [0.29, 0.717) is 37.5 Å². The Morgan fingerprint density at radius 2 is 2.11 bits per heavy atom. The van der Waals surface area contributed by atoms with E-state index < -0.39 is 0 Å². The molecule has 0 aromatic carbocycles. The Hall–Kier alpha value is -2.37. The summed E-state index contributed by atoms with van der Waals surface area (Å²) in [5.74, 6) is 0.484. The molecule has 0 N–H and O–H groups in total. The number of pyridine rings is 1. The summed E-state index contributed by atoms with van der Waals surface area (Å²) in [6.45, 7) is 5.31. The first kappa shape index (κ1) is 19.4. The Balaban J connectivity index is 1.90. The van der Waals surface area contributed by atoms with Gasteiger partial charge in [0.25, 0.3) is 0 Å². The van der Waals surface area contributed by atoms with Crippen LogP contribution in [0.3, 0.4) is 0 Å². The van der Waals surface area contributed by atoms with Crippen LogP contribution in [0, 0.1) is 5.41 Å². The first-order chi connectivity index (χ1) is 12.9. The first-order valence-electron chi connectivity index (χ1n) is 9.67. The lowest BCUT2D eigenvalue weighted by Gasteiger charge is -2.38. The molecule has 146 valence electrons. The van der Waals surface area contributed by atoms with Crippen LogP contribution in [0.2, 0.25) is 0 Å². The quantitative estimate of drug-likeness (QED) is 0.601. The number of ether oxygens (including phenoxy) is 1. The van der Waals surface area contributed by atoms with Gasteiger partial charge in [-0.3, -0.25) is 4.79 Å². The van der Waals surface area contributed by atoms with Gasteiger partial charge in [-0.25, -0.2) is 9.78 Å². The van der Waals surface area contributed by atoms with Crippen molar-refractivity contribution in [3.05, 3.63) is 35.0 Å². The van der Waals surface area contributed by atoms with Gasteiger partial charge in [-0.2, -0.15) is 0 Å². The molecule has 27 heavy (non-hydrogen) atoms. The fraction of sp³-hybridized carbons (Fsp3) is 0.571. The zero-order valence-corrected chi connectivity index (χ0v) is 16.7. The Bertz CT molecular complexity index is 772. The first-order valence-corrected chi connectivity index (χ1v) is 9.67. The molecule has 1 aromatic rings. The van der Waals surface area contributed by atoms with Crippen molar-refractivity contribution >= 4 is 17.7 Å². The van der Waals surface area contributed by atoms with Gasteiger partial charge in [0.05, 0.1) is 12.0 Å². The number of hydrogen-bond donors (Lipinski definition) is 0. The number of carbonyl (C=O) groups excluding carboxylic acids is 2. The highest BCUT2D eigenvalue weighted by atomic mass is 16.5. The van der Waals surface area contributed by atoms with Crippen molar-refractivity contribution in [1.82, 2.24) is 9.88 Å². The molecule has 6 heteroatoms. The van der Waals surface area contributed by atoms with Crippen molar-refractivity contribution < 1.29 is 14.3 Å². The Morgan fingerprint density at radius 1 is 1.33 bits per heavy atom. The maximum Gasteiger partial charge on any atom is 0.342 e. The third-order valence-electron chi connectivity index (χ3n) is 5.55. The van der Waals surface area contributed by atoms with E-state index in [0.717, 1.165) is 30.4 Å². The zero-order chi connectivity index (χ0) is 19.6. The Labute approximate surface area is 161 Å². The SMILES string of the molecule is CCOC(=O)c1c(N(C)C)ncc2c1CCN(C(=O)C1(C)CC=CCC1)C2. The van der Waals surface area contributed by atoms with E-state index in [1.807, 2.05) is 23.9 Å². The average molecular weight is 371 g/mol. The van der Waals surface area contributed by atoms with Crippen LogP contribution in [0.5, 0.6) is 0 Å². The van der Waals surface area contributed by atoms with Crippen LogP contribution in [0.4, 0.5) is 5.82 Å². The van der Waals surface area contributed by atoms with Gasteiger partial charge in [0.1, 0.15) is 11.4 Å². The predicted molar refractivity (Wildman–Crippen MR) is 105 cm³/mol. The summed E-state index contributed by atoms with van der Waals surface area (Å²) in [6, 6.07) is 0. The molecule has 1 aliphatic carbocycles. The number of allylic oxidation sites excluding steroid dienone is 2. The summed E-state index contributed by atoms with van der Waals surface area (Å²) in [6.07, 6.45) is 9.34. The zero-order valence-electron chi connectivity index (χ0n) is 16.7. The van der Waals surface area contributed by atoms with Gasteiger partial charge in [-0.1, -0.05) is 19.1 Å². The normalized spacial score (nSPS) is 21.6. The number of amides is 1. The van der Waals surface area contributed by atoms with E-state index in [1.54, 1.807) is 13.1 Å². The second kappa shape index (κ2) is 7.71. The molecular formula is C21H29N3O3. The van der Waals surface area contributed by atoms with Crippen LogP contribution in [0.25, 0.3) is 0 Å². The van der Waals surface area contributed by atoms with Crippen LogP contribution in [0.1, 0.15) is 54.6 Å². The number of fused-ring (bicyclic) bond motifs is 1. The number of rotatable bonds is 4. The highest BCUT2D eigenvalue weighted by molar-refractivity contribution is 5.97. The van der Waals surface area contributed by atoms with E-state index >= 15 is 0 Å². The van der Waals surface area contributed by atoms with Gasteiger partial charge in [-0.15, -0.1) is 0 Å². The number of esters is 1. The molecule has 1 atom stereocenters. The number of anilines is 1. The van der Waals surface area contributed by atoms with Crippen LogP contribution in [-0.2, 0) is 22.5 Å². The van der Waals surface area contributed by atoms with E-state index in [9.17, 15) is 9.59 Å². The molecule has 3 rings (SSSR count). The minimum atomic E-state index is -0.338. The standard InChI is InChI=1S/C21H29N3O3/c1-5-27-19(25)17-16-9-12-24(14-15(16)13-22-18(17)23(3)4)20(26)21(2)10-7-6-8-11-21/h6-7,13H,5,8-12,14H2,1-4H3. The monoisotopic (exact) mass is 371 g/mol. The molecule has 0 bridgehead atoms. The highest BCUT2D eigenvalue weighted by Gasteiger charge is 2.38. The smallest absolute Gasteiger partial charge is 0.342 e. The summed E-state index contributed by atoms with van der Waals surface area (Å²) in [5.41, 5.74) is 2.12. The largest absolute Gasteiger partial charge is 0.462 e. The third-order valence-corrected chi connectivity index (χ3v) is 5.55. The van der Waals surface area contributed by atoms with Crippen molar-refractivity contribution in [1.29, 1.82) is 0 Å². The van der Waals surface area contributed by atoms with Crippen LogP contribution >= 0.6 is 0 Å².